The molecule has 0 aromatic carbocycles. The summed E-state index contributed by atoms with van der Waals surface area (Å²) in [6.45, 7) is 12.1. The van der Waals surface area contributed by atoms with Crippen LogP contribution in [-0.4, -0.2) is 18.9 Å². The van der Waals surface area contributed by atoms with E-state index >= 15 is 0 Å². The van der Waals surface area contributed by atoms with Gasteiger partial charge in [-0.3, -0.25) is 4.79 Å². The van der Waals surface area contributed by atoms with Crippen LogP contribution in [0.3, 0.4) is 0 Å². The molecule has 0 aliphatic heterocycles. The molecule has 150 valence electrons. The minimum absolute atomic E-state index is 0.114. The van der Waals surface area contributed by atoms with Gasteiger partial charge in [0.15, 0.2) is 5.78 Å². The second kappa shape index (κ2) is 5.10. The number of allylic oxidation sites excluding steroid dienone is 2. The molecule has 2 heteroatoms. The van der Waals surface area contributed by atoms with Crippen LogP contribution in [0.15, 0.2) is 11.6 Å². The van der Waals surface area contributed by atoms with E-state index in [1.165, 1.54) is 44.9 Å². The predicted molar refractivity (Wildman–Crippen MR) is 110 cm³/mol. The zero-order valence-electron chi connectivity index (χ0n) is 18.4. The number of hydrogen-bond acceptors (Lipinski definition) is 2. The molecule has 5 aliphatic rings. The Labute approximate surface area is 165 Å². The Kier molecular flexibility index (Phi) is 3.47. The maximum absolute atomic E-state index is 13.0. The van der Waals surface area contributed by atoms with E-state index in [1.54, 1.807) is 0 Å². The van der Waals surface area contributed by atoms with Crippen molar-refractivity contribution in [1.29, 1.82) is 0 Å². The summed E-state index contributed by atoms with van der Waals surface area (Å²) in [4.78, 5) is 13.0. The number of nitrogens with one attached hydrogen (secondary N) is 1. The molecular formula is C25H39NO. The number of ketones is 1. The molecule has 5 rings (SSSR count). The Balaban J connectivity index is 1.56. The quantitative estimate of drug-likeness (QED) is 0.616. The molecule has 2 nitrogen and oxygen atoms in total. The summed E-state index contributed by atoms with van der Waals surface area (Å²) in [6, 6.07) is 0.662. The highest BCUT2D eigenvalue weighted by Gasteiger charge is 2.82. The van der Waals surface area contributed by atoms with E-state index in [0.29, 0.717) is 28.1 Å². The lowest BCUT2D eigenvalue weighted by molar-refractivity contribution is -0.129. The summed E-state index contributed by atoms with van der Waals surface area (Å²) in [5.41, 5.74) is 2.98. The third kappa shape index (κ3) is 1.77. The van der Waals surface area contributed by atoms with Crippen molar-refractivity contribution in [2.24, 2.45) is 38.9 Å². The summed E-state index contributed by atoms with van der Waals surface area (Å²) < 4.78 is 0. The van der Waals surface area contributed by atoms with Crippen molar-refractivity contribution in [2.45, 2.75) is 92.0 Å². The van der Waals surface area contributed by atoms with Crippen LogP contribution in [0, 0.1) is 38.9 Å². The molecule has 2 spiro atoms. The fourth-order valence-electron chi connectivity index (χ4n) is 10.0. The Hall–Kier alpha value is -0.630. The molecule has 0 bridgehead atoms. The maximum atomic E-state index is 13.0. The highest BCUT2D eigenvalue weighted by atomic mass is 16.1. The van der Waals surface area contributed by atoms with Gasteiger partial charge in [-0.2, -0.15) is 0 Å². The van der Waals surface area contributed by atoms with Crippen molar-refractivity contribution in [3.63, 3.8) is 0 Å². The van der Waals surface area contributed by atoms with E-state index in [-0.39, 0.29) is 10.8 Å². The monoisotopic (exact) mass is 369 g/mol. The number of fused-ring (bicyclic) bond motifs is 2. The van der Waals surface area contributed by atoms with Gasteiger partial charge in [0.1, 0.15) is 0 Å². The zero-order chi connectivity index (χ0) is 19.5. The van der Waals surface area contributed by atoms with Crippen molar-refractivity contribution >= 4 is 5.78 Å². The molecule has 0 amide bonds. The van der Waals surface area contributed by atoms with Crippen LogP contribution >= 0.6 is 0 Å². The van der Waals surface area contributed by atoms with Crippen LogP contribution in [0.25, 0.3) is 0 Å². The summed E-state index contributed by atoms with van der Waals surface area (Å²) in [6.07, 6.45) is 12.5. The molecule has 7 atom stereocenters. The highest BCUT2D eigenvalue weighted by Crippen LogP contribution is 2.88. The number of carbonyl (C=O) groups is 1. The van der Waals surface area contributed by atoms with Crippen molar-refractivity contribution in [3.05, 3.63) is 11.6 Å². The SMILES string of the molecule is C/C=C1/C(=O)C[C@@]2(C)C3CC[C@H]4C(C)(C)[C@@H](NC)CCC45CC35CC[C@]12C. The van der Waals surface area contributed by atoms with Crippen LogP contribution in [0.5, 0.6) is 0 Å². The Morgan fingerprint density at radius 2 is 1.63 bits per heavy atom. The maximum Gasteiger partial charge on any atom is 0.159 e. The molecule has 5 saturated carbocycles. The Bertz CT molecular complexity index is 737. The number of hydrogen-bond donors (Lipinski definition) is 1. The van der Waals surface area contributed by atoms with E-state index in [4.69, 9.17) is 0 Å². The highest BCUT2D eigenvalue weighted by molar-refractivity contribution is 6.00. The first kappa shape index (κ1) is 18.4. The fourth-order valence-corrected chi connectivity index (χ4v) is 10.0. The van der Waals surface area contributed by atoms with E-state index in [9.17, 15) is 4.79 Å². The molecule has 0 aromatic rings. The van der Waals surface area contributed by atoms with Gasteiger partial charge in [0, 0.05) is 17.9 Å². The number of carbonyl (C=O) groups excluding carboxylic acids is 1. The average molecular weight is 370 g/mol. The molecule has 0 heterocycles. The summed E-state index contributed by atoms with van der Waals surface area (Å²) in [5, 5.41) is 3.65. The first-order chi connectivity index (χ1) is 12.6. The van der Waals surface area contributed by atoms with Gasteiger partial charge in [0.05, 0.1) is 0 Å². The standard InChI is InChI=1S/C25H39NO/c1-7-16-17(27)14-23(5)19-9-8-18-21(2,3)20(26-6)10-11-24(18)15-25(19,24)13-12-22(16,23)4/h7,18-20,26H,8-15H2,1-6H3/b16-7-/t18-,19?,20-,22+,23-,24?,25?/m0/s1. The lowest BCUT2D eigenvalue weighted by Gasteiger charge is -2.62. The van der Waals surface area contributed by atoms with Crippen molar-refractivity contribution in [2.75, 3.05) is 7.05 Å². The zero-order valence-corrected chi connectivity index (χ0v) is 18.4. The molecule has 5 aliphatic carbocycles. The number of Topliss-reactive ketones (excluding diaryl/α,β-unsaturated/α-hetero) is 1. The van der Waals surface area contributed by atoms with Crippen LogP contribution in [0.4, 0.5) is 0 Å². The first-order valence-electron chi connectivity index (χ1n) is 11.5. The third-order valence-corrected chi connectivity index (χ3v) is 11.4. The average Bonchev–Trinajstić information content (AvgIpc) is 3.21. The predicted octanol–water partition coefficient (Wildman–Crippen LogP) is 5.52. The molecular weight excluding hydrogens is 330 g/mol. The van der Waals surface area contributed by atoms with Crippen molar-refractivity contribution in [3.8, 4) is 0 Å². The van der Waals surface area contributed by atoms with Gasteiger partial charge in [-0.1, -0.05) is 33.8 Å². The number of rotatable bonds is 1. The molecule has 3 unspecified atom stereocenters. The molecule has 0 saturated heterocycles. The largest absolute Gasteiger partial charge is 0.316 e. The summed E-state index contributed by atoms with van der Waals surface area (Å²) in [5.74, 6) is 2.07. The van der Waals surface area contributed by atoms with Gasteiger partial charge in [-0.25, -0.2) is 0 Å². The van der Waals surface area contributed by atoms with Crippen LogP contribution in [-0.2, 0) is 4.79 Å². The van der Waals surface area contributed by atoms with E-state index < -0.39 is 0 Å². The van der Waals surface area contributed by atoms with E-state index in [1.807, 2.05) is 0 Å². The van der Waals surface area contributed by atoms with Gasteiger partial charge in [-0.15, -0.1) is 0 Å². The lowest BCUT2D eigenvalue weighted by Crippen LogP contribution is -2.58. The summed E-state index contributed by atoms with van der Waals surface area (Å²) >= 11 is 0. The van der Waals surface area contributed by atoms with Crippen molar-refractivity contribution in [1.82, 2.24) is 5.32 Å². The molecule has 0 aromatic heterocycles. The van der Waals surface area contributed by atoms with Crippen molar-refractivity contribution < 1.29 is 4.79 Å². The third-order valence-electron chi connectivity index (χ3n) is 11.4. The van der Waals surface area contributed by atoms with Crippen LogP contribution < -0.4 is 5.32 Å². The fraction of sp³-hybridized carbons (Fsp3) is 0.880. The molecule has 1 N–H and O–H groups in total. The van der Waals surface area contributed by atoms with Crippen LogP contribution in [0.1, 0.15) is 86.0 Å². The second-order valence-electron chi connectivity index (χ2n) is 11.9. The minimum Gasteiger partial charge on any atom is -0.316 e. The van der Waals surface area contributed by atoms with Gasteiger partial charge in [0.2, 0.25) is 0 Å². The lowest BCUT2D eigenvalue weighted by atomic mass is 9.42. The van der Waals surface area contributed by atoms with Gasteiger partial charge in [-0.05, 0) is 98.0 Å². The van der Waals surface area contributed by atoms with E-state index in [0.717, 1.165) is 23.8 Å². The minimum atomic E-state index is 0.114. The Morgan fingerprint density at radius 1 is 0.963 bits per heavy atom. The van der Waals surface area contributed by atoms with Crippen LogP contribution in [0.2, 0.25) is 0 Å². The van der Waals surface area contributed by atoms with Gasteiger partial charge < -0.3 is 5.32 Å². The molecule has 27 heavy (non-hydrogen) atoms. The molecule has 0 radical (unpaired) electrons. The molecule has 5 fully saturated rings. The Morgan fingerprint density at radius 3 is 2.30 bits per heavy atom. The smallest absolute Gasteiger partial charge is 0.159 e. The van der Waals surface area contributed by atoms with E-state index in [2.05, 4.69) is 53.1 Å². The van der Waals surface area contributed by atoms with Gasteiger partial charge >= 0.3 is 0 Å². The van der Waals surface area contributed by atoms with Gasteiger partial charge in [0.25, 0.3) is 0 Å². The summed E-state index contributed by atoms with van der Waals surface area (Å²) in [7, 11) is 2.16. The first-order valence-corrected chi connectivity index (χ1v) is 11.5. The second-order valence-corrected chi connectivity index (χ2v) is 11.9. The topological polar surface area (TPSA) is 29.1 Å². The normalized spacial score (nSPS) is 56.9.